The molecule has 0 unspecified atom stereocenters. The number of aromatic hydroxyl groups is 1. The minimum atomic E-state index is -0.573. The number of carbonyl (C=O) groups excluding carboxylic acids is 2. The summed E-state index contributed by atoms with van der Waals surface area (Å²) in [6.07, 6.45) is 0.894. The maximum Gasteiger partial charge on any atom is 0.273 e. The number of aryl methyl sites for hydroxylation is 2. The van der Waals surface area contributed by atoms with E-state index in [0.717, 1.165) is 17.5 Å². The van der Waals surface area contributed by atoms with Gasteiger partial charge in [0.05, 0.1) is 5.56 Å². The molecule has 0 bridgehead atoms. The summed E-state index contributed by atoms with van der Waals surface area (Å²) in [4.78, 5) is 23.9. The molecular weight excluding hydrogens is 280 g/mol. The van der Waals surface area contributed by atoms with Crippen molar-refractivity contribution in [1.29, 1.82) is 0 Å². The summed E-state index contributed by atoms with van der Waals surface area (Å²) in [7, 11) is 0. The first kappa shape index (κ1) is 15.6. The topological polar surface area (TPSA) is 78.4 Å². The lowest BCUT2D eigenvalue weighted by Crippen LogP contribution is -2.41. The van der Waals surface area contributed by atoms with E-state index in [4.69, 9.17) is 0 Å². The van der Waals surface area contributed by atoms with Crippen LogP contribution in [0.5, 0.6) is 5.75 Å². The first-order valence-electron chi connectivity index (χ1n) is 7.00. The highest BCUT2D eigenvalue weighted by Crippen LogP contribution is 2.17. The lowest BCUT2D eigenvalue weighted by atomic mass is 10.1. The minimum absolute atomic E-state index is 0.104. The van der Waals surface area contributed by atoms with Crippen LogP contribution in [0.4, 0.5) is 0 Å². The second kappa shape index (κ2) is 6.76. The molecule has 114 valence electrons. The minimum Gasteiger partial charge on any atom is -0.507 e. The molecule has 0 atom stereocenters. The number of amides is 2. The number of phenolic OH excluding ortho intramolecular Hbond substituents is 1. The molecule has 2 aromatic carbocycles. The summed E-state index contributed by atoms with van der Waals surface area (Å²) in [6.45, 7) is 3.84. The van der Waals surface area contributed by atoms with Crippen LogP contribution in [-0.4, -0.2) is 16.9 Å². The first-order valence-corrected chi connectivity index (χ1v) is 7.00. The summed E-state index contributed by atoms with van der Waals surface area (Å²) in [5.74, 6) is -1.11. The van der Waals surface area contributed by atoms with Gasteiger partial charge in [0.25, 0.3) is 11.8 Å². The molecule has 22 heavy (non-hydrogen) atoms. The smallest absolute Gasteiger partial charge is 0.273 e. The molecule has 0 radical (unpaired) electrons. The van der Waals surface area contributed by atoms with Crippen molar-refractivity contribution in [3.05, 3.63) is 64.7 Å². The molecule has 0 fully saturated rings. The Morgan fingerprint density at radius 2 is 1.64 bits per heavy atom. The molecule has 5 nitrogen and oxygen atoms in total. The van der Waals surface area contributed by atoms with E-state index in [1.54, 1.807) is 18.2 Å². The largest absolute Gasteiger partial charge is 0.507 e. The number of benzene rings is 2. The summed E-state index contributed by atoms with van der Waals surface area (Å²) < 4.78 is 0. The fourth-order valence-electron chi connectivity index (χ4n) is 1.98. The van der Waals surface area contributed by atoms with Crippen molar-refractivity contribution in [2.24, 2.45) is 0 Å². The van der Waals surface area contributed by atoms with E-state index >= 15 is 0 Å². The lowest BCUT2D eigenvalue weighted by molar-refractivity contribution is 0.0845. The monoisotopic (exact) mass is 298 g/mol. The van der Waals surface area contributed by atoms with E-state index in [0.29, 0.717) is 5.56 Å². The number of nitrogens with one attached hydrogen (secondary N) is 2. The maximum absolute atomic E-state index is 11.9. The lowest BCUT2D eigenvalue weighted by Gasteiger charge is -2.09. The van der Waals surface area contributed by atoms with Crippen LogP contribution in [0.2, 0.25) is 0 Å². The number of carbonyl (C=O) groups is 2. The normalized spacial score (nSPS) is 10.1. The molecule has 0 aromatic heterocycles. The predicted molar refractivity (Wildman–Crippen MR) is 83.6 cm³/mol. The van der Waals surface area contributed by atoms with Gasteiger partial charge in [0, 0.05) is 5.56 Å². The van der Waals surface area contributed by atoms with Gasteiger partial charge in [0.15, 0.2) is 0 Å². The summed E-state index contributed by atoms with van der Waals surface area (Å²) in [5.41, 5.74) is 7.14. The Bertz CT molecular complexity index is 694. The van der Waals surface area contributed by atoms with Gasteiger partial charge in [-0.25, -0.2) is 0 Å². The summed E-state index contributed by atoms with van der Waals surface area (Å²) in [5, 5.41) is 9.73. The molecule has 0 aliphatic rings. The van der Waals surface area contributed by atoms with Crippen molar-refractivity contribution in [3.63, 3.8) is 0 Å². The van der Waals surface area contributed by atoms with E-state index in [1.165, 1.54) is 12.1 Å². The number of rotatable bonds is 3. The van der Waals surface area contributed by atoms with Gasteiger partial charge in [-0.1, -0.05) is 25.1 Å². The fourth-order valence-corrected chi connectivity index (χ4v) is 1.98. The molecule has 2 amide bonds. The third-order valence-electron chi connectivity index (χ3n) is 3.31. The van der Waals surface area contributed by atoms with Crippen LogP contribution in [0.15, 0.2) is 42.5 Å². The SMILES string of the molecule is CCc1ccc(C(=O)NNC(=O)c2ccc(C)cc2O)cc1. The van der Waals surface area contributed by atoms with Crippen molar-refractivity contribution in [2.45, 2.75) is 20.3 Å². The molecule has 5 heteroatoms. The van der Waals surface area contributed by atoms with Gasteiger partial charge in [0.2, 0.25) is 0 Å². The van der Waals surface area contributed by atoms with Crippen LogP contribution < -0.4 is 10.9 Å². The Hall–Kier alpha value is -2.82. The van der Waals surface area contributed by atoms with Crippen LogP contribution in [0.25, 0.3) is 0 Å². The summed E-state index contributed by atoms with van der Waals surface area (Å²) in [6, 6.07) is 11.8. The van der Waals surface area contributed by atoms with Gasteiger partial charge in [-0.05, 0) is 48.7 Å². The molecular formula is C17H18N2O3. The molecule has 0 spiro atoms. The maximum atomic E-state index is 11.9. The predicted octanol–water partition coefficient (Wildman–Crippen LogP) is 2.34. The van der Waals surface area contributed by atoms with Crippen molar-refractivity contribution in [2.75, 3.05) is 0 Å². The van der Waals surface area contributed by atoms with E-state index in [9.17, 15) is 14.7 Å². The first-order chi connectivity index (χ1) is 10.5. The van der Waals surface area contributed by atoms with Crippen LogP contribution in [-0.2, 0) is 6.42 Å². The molecule has 0 aliphatic carbocycles. The van der Waals surface area contributed by atoms with Crippen LogP contribution in [0, 0.1) is 6.92 Å². The van der Waals surface area contributed by atoms with Crippen LogP contribution in [0.3, 0.4) is 0 Å². The second-order valence-electron chi connectivity index (χ2n) is 4.98. The second-order valence-corrected chi connectivity index (χ2v) is 4.98. The quantitative estimate of drug-likeness (QED) is 0.761. The summed E-state index contributed by atoms with van der Waals surface area (Å²) >= 11 is 0. The number of hydrazine groups is 1. The van der Waals surface area contributed by atoms with Gasteiger partial charge in [-0.15, -0.1) is 0 Å². The Kier molecular flexibility index (Phi) is 4.78. The van der Waals surface area contributed by atoms with Gasteiger partial charge < -0.3 is 5.11 Å². The average molecular weight is 298 g/mol. The average Bonchev–Trinajstić information content (AvgIpc) is 2.52. The Morgan fingerprint density at radius 1 is 1.00 bits per heavy atom. The fraction of sp³-hybridized carbons (Fsp3) is 0.176. The molecule has 0 aliphatic heterocycles. The van der Waals surface area contributed by atoms with E-state index < -0.39 is 11.8 Å². The number of phenols is 1. The molecule has 0 saturated heterocycles. The highest BCUT2D eigenvalue weighted by Gasteiger charge is 2.12. The van der Waals surface area contributed by atoms with Crippen molar-refractivity contribution >= 4 is 11.8 Å². The van der Waals surface area contributed by atoms with E-state index in [-0.39, 0.29) is 11.3 Å². The molecule has 2 rings (SSSR count). The van der Waals surface area contributed by atoms with Crippen molar-refractivity contribution < 1.29 is 14.7 Å². The zero-order valence-corrected chi connectivity index (χ0v) is 12.5. The van der Waals surface area contributed by atoms with Crippen LogP contribution in [0.1, 0.15) is 38.8 Å². The number of hydrogen-bond donors (Lipinski definition) is 3. The third-order valence-corrected chi connectivity index (χ3v) is 3.31. The standard InChI is InChI=1S/C17H18N2O3/c1-3-12-5-7-13(8-6-12)16(21)18-19-17(22)14-9-4-11(2)10-15(14)20/h4-10,20H,3H2,1-2H3,(H,18,21)(H,19,22). The Morgan fingerprint density at radius 3 is 2.23 bits per heavy atom. The van der Waals surface area contributed by atoms with Crippen molar-refractivity contribution in [3.8, 4) is 5.75 Å². The van der Waals surface area contributed by atoms with E-state index in [2.05, 4.69) is 10.9 Å². The Balaban J connectivity index is 1.99. The van der Waals surface area contributed by atoms with Crippen molar-refractivity contribution in [1.82, 2.24) is 10.9 Å². The number of hydrogen-bond acceptors (Lipinski definition) is 3. The molecule has 3 N–H and O–H groups in total. The van der Waals surface area contributed by atoms with E-state index in [1.807, 2.05) is 26.0 Å². The van der Waals surface area contributed by atoms with Gasteiger partial charge in [-0.3, -0.25) is 20.4 Å². The zero-order valence-electron chi connectivity index (χ0n) is 12.5. The zero-order chi connectivity index (χ0) is 16.1. The molecule has 0 heterocycles. The van der Waals surface area contributed by atoms with Gasteiger partial charge in [-0.2, -0.15) is 0 Å². The molecule has 2 aromatic rings. The van der Waals surface area contributed by atoms with Crippen LogP contribution >= 0.6 is 0 Å². The van der Waals surface area contributed by atoms with Gasteiger partial charge >= 0.3 is 0 Å². The Labute approximate surface area is 129 Å². The highest BCUT2D eigenvalue weighted by atomic mass is 16.3. The molecule has 0 saturated carbocycles. The third kappa shape index (κ3) is 3.63. The highest BCUT2D eigenvalue weighted by molar-refractivity contribution is 6.00. The van der Waals surface area contributed by atoms with Gasteiger partial charge in [0.1, 0.15) is 5.75 Å².